The summed E-state index contributed by atoms with van der Waals surface area (Å²) < 4.78 is 4.95. The van der Waals surface area contributed by atoms with Gasteiger partial charge in [0.25, 0.3) is 0 Å². The normalized spacial score (nSPS) is 16.6. The van der Waals surface area contributed by atoms with Crippen LogP contribution in [0.2, 0.25) is 0 Å². The van der Waals surface area contributed by atoms with Gasteiger partial charge >= 0.3 is 5.97 Å². The van der Waals surface area contributed by atoms with Crippen LogP contribution in [0.5, 0.6) is 0 Å². The van der Waals surface area contributed by atoms with Gasteiger partial charge in [0.1, 0.15) is 0 Å². The predicted octanol–water partition coefficient (Wildman–Crippen LogP) is 2.30. The summed E-state index contributed by atoms with van der Waals surface area (Å²) in [7, 11) is 0. The third-order valence-corrected chi connectivity index (χ3v) is 2.31. The van der Waals surface area contributed by atoms with Crippen LogP contribution in [0.15, 0.2) is 11.1 Å². The van der Waals surface area contributed by atoms with Gasteiger partial charge in [-0.1, -0.05) is 25.0 Å². The Morgan fingerprint density at radius 3 is 2.08 bits per heavy atom. The highest BCUT2D eigenvalue weighted by molar-refractivity contribution is 5.85. The van der Waals surface area contributed by atoms with Crippen LogP contribution in [0, 0.1) is 5.92 Å². The van der Waals surface area contributed by atoms with E-state index in [0.29, 0.717) is 6.61 Å². The lowest BCUT2D eigenvalue weighted by atomic mass is 10.2. The van der Waals surface area contributed by atoms with Crippen LogP contribution in [0.4, 0.5) is 0 Å². The van der Waals surface area contributed by atoms with Gasteiger partial charge in [-0.3, -0.25) is 4.79 Å². The second-order valence-corrected chi connectivity index (χ2v) is 2.94. The number of ether oxygens (including phenoxy) is 1. The Labute approximate surface area is 73.6 Å². The molecule has 0 amide bonds. The lowest BCUT2D eigenvalue weighted by Gasteiger charge is -2.00. The number of rotatable bonds is 4. The Kier molecular flexibility index (Phi) is 2.90. The SMILES string of the molecule is CCOC(=O)C1C(CC)=C1CC. The zero-order valence-electron chi connectivity index (χ0n) is 8.02. The van der Waals surface area contributed by atoms with Crippen molar-refractivity contribution in [2.24, 2.45) is 5.92 Å². The van der Waals surface area contributed by atoms with Crippen molar-refractivity contribution in [2.45, 2.75) is 33.6 Å². The largest absolute Gasteiger partial charge is 0.465 e. The summed E-state index contributed by atoms with van der Waals surface area (Å²) in [5.74, 6) is 0.00569. The van der Waals surface area contributed by atoms with E-state index in [-0.39, 0.29) is 11.9 Å². The first-order valence-corrected chi connectivity index (χ1v) is 4.64. The third kappa shape index (κ3) is 1.52. The molecule has 0 saturated carbocycles. The molecule has 0 unspecified atom stereocenters. The van der Waals surface area contributed by atoms with Crippen LogP contribution in [-0.2, 0) is 9.53 Å². The molecule has 0 atom stereocenters. The monoisotopic (exact) mass is 168 g/mol. The summed E-state index contributed by atoms with van der Waals surface area (Å²) in [4.78, 5) is 11.3. The quantitative estimate of drug-likeness (QED) is 0.475. The molecular formula is C10H16O2. The van der Waals surface area contributed by atoms with Gasteiger partial charge in [0, 0.05) is 0 Å². The van der Waals surface area contributed by atoms with E-state index in [4.69, 9.17) is 4.74 Å². The zero-order valence-corrected chi connectivity index (χ0v) is 8.02. The molecule has 12 heavy (non-hydrogen) atoms. The van der Waals surface area contributed by atoms with Gasteiger partial charge in [-0.05, 0) is 19.8 Å². The number of hydrogen-bond acceptors (Lipinski definition) is 2. The molecule has 0 saturated heterocycles. The maximum atomic E-state index is 11.3. The van der Waals surface area contributed by atoms with Crippen LogP contribution in [0.25, 0.3) is 0 Å². The van der Waals surface area contributed by atoms with Crippen molar-refractivity contribution in [1.29, 1.82) is 0 Å². The molecule has 1 rings (SSSR count). The van der Waals surface area contributed by atoms with Crippen LogP contribution >= 0.6 is 0 Å². The van der Waals surface area contributed by atoms with E-state index in [9.17, 15) is 4.79 Å². The summed E-state index contributed by atoms with van der Waals surface area (Å²) in [5, 5.41) is 0. The topological polar surface area (TPSA) is 26.3 Å². The molecule has 0 aromatic rings. The van der Waals surface area contributed by atoms with Gasteiger partial charge in [0.05, 0.1) is 12.5 Å². The predicted molar refractivity (Wildman–Crippen MR) is 47.7 cm³/mol. The second-order valence-electron chi connectivity index (χ2n) is 2.94. The highest BCUT2D eigenvalue weighted by atomic mass is 16.5. The molecule has 0 spiro atoms. The molecule has 0 aliphatic heterocycles. The number of esters is 1. The van der Waals surface area contributed by atoms with E-state index >= 15 is 0 Å². The van der Waals surface area contributed by atoms with E-state index in [0.717, 1.165) is 12.8 Å². The maximum absolute atomic E-state index is 11.3. The molecule has 0 radical (unpaired) electrons. The molecule has 0 heterocycles. The fourth-order valence-electron chi connectivity index (χ4n) is 1.69. The van der Waals surface area contributed by atoms with Gasteiger partial charge in [-0.2, -0.15) is 0 Å². The van der Waals surface area contributed by atoms with Gasteiger partial charge < -0.3 is 4.74 Å². The minimum absolute atomic E-state index is 0.0498. The Bertz CT molecular complexity index is 202. The summed E-state index contributed by atoms with van der Waals surface area (Å²) >= 11 is 0. The standard InChI is InChI=1S/C10H16O2/c1-4-7-8(5-2)9(7)10(11)12-6-3/h9H,4-6H2,1-3H3. The molecule has 0 bridgehead atoms. The molecule has 1 aliphatic rings. The third-order valence-electron chi connectivity index (χ3n) is 2.31. The van der Waals surface area contributed by atoms with Crippen molar-refractivity contribution in [3.05, 3.63) is 11.1 Å². The highest BCUT2D eigenvalue weighted by Crippen LogP contribution is 2.44. The Morgan fingerprint density at radius 1 is 1.25 bits per heavy atom. The summed E-state index contributed by atoms with van der Waals surface area (Å²) in [5.41, 5.74) is 2.60. The van der Waals surface area contributed by atoms with Crippen LogP contribution in [0.3, 0.4) is 0 Å². The van der Waals surface area contributed by atoms with Crippen molar-refractivity contribution in [2.75, 3.05) is 6.61 Å². The maximum Gasteiger partial charge on any atom is 0.317 e. The van der Waals surface area contributed by atoms with E-state index < -0.39 is 0 Å². The zero-order chi connectivity index (χ0) is 9.14. The van der Waals surface area contributed by atoms with Crippen LogP contribution in [0.1, 0.15) is 33.6 Å². The first-order valence-electron chi connectivity index (χ1n) is 4.64. The molecule has 0 N–H and O–H groups in total. The lowest BCUT2D eigenvalue weighted by molar-refractivity contribution is -0.144. The van der Waals surface area contributed by atoms with Gasteiger partial charge in [-0.15, -0.1) is 0 Å². The first-order chi connectivity index (χ1) is 5.76. The molecule has 0 aromatic heterocycles. The van der Waals surface area contributed by atoms with Crippen molar-refractivity contribution in [1.82, 2.24) is 0 Å². The summed E-state index contributed by atoms with van der Waals surface area (Å²) in [6, 6.07) is 0. The minimum Gasteiger partial charge on any atom is -0.465 e. The number of carbonyl (C=O) groups is 1. The van der Waals surface area contributed by atoms with Gasteiger partial charge in [-0.25, -0.2) is 0 Å². The molecule has 0 fully saturated rings. The fourth-order valence-corrected chi connectivity index (χ4v) is 1.69. The molecular weight excluding hydrogens is 152 g/mol. The highest BCUT2D eigenvalue weighted by Gasteiger charge is 2.40. The second kappa shape index (κ2) is 3.74. The van der Waals surface area contributed by atoms with Gasteiger partial charge in [0.2, 0.25) is 0 Å². The Hall–Kier alpha value is -0.790. The Balaban J connectivity index is 2.45. The van der Waals surface area contributed by atoms with E-state index in [2.05, 4.69) is 13.8 Å². The van der Waals surface area contributed by atoms with Crippen molar-refractivity contribution >= 4 is 5.97 Å². The van der Waals surface area contributed by atoms with E-state index in [1.807, 2.05) is 6.92 Å². The average molecular weight is 168 g/mol. The van der Waals surface area contributed by atoms with Gasteiger partial charge in [0.15, 0.2) is 0 Å². The van der Waals surface area contributed by atoms with E-state index in [1.54, 1.807) is 0 Å². The minimum atomic E-state index is -0.0498. The first kappa shape index (κ1) is 9.30. The molecule has 2 nitrogen and oxygen atoms in total. The summed E-state index contributed by atoms with van der Waals surface area (Å²) in [6.07, 6.45) is 1.99. The van der Waals surface area contributed by atoms with Crippen molar-refractivity contribution in [3.8, 4) is 0 Å². The number of carbonyl (C=O) groups excluding carboxylic acids is 1. The van der Waals surface area contributed by atoms with E-state index in [1.165, 1.54) is 11.1 Å². The molecule has 0 aromatic carbocycles. The van der Waals surface area contributed by atoms with Crippen LogP contribution < -0.4 is 0 Å². The lowest BCUT2D eigenvalue weighted by Crippen LogP contribution is -2.09. The van der Waals surface area contributed by atoms with Crippen LogP contribution in [-0.4, -0.2) is 12.6 Å². The molecule has 2 heteroatoms. The van der Waals surface area contributed by atoms with Crippen molar-refractivity contribution < 1.29 is 9.53 Å². The Morgan fingerprint density at radius 2 is 1.75 bits per heavy atom. The fraction of sp³-hybridized carbons (Fsp3) is 0.700. The van der Waals surface area contributed by atoms with Crippen molar-refractivity contribution in [3.63, 3.8) is 0 Å². The number of hydrogen-bond donors (Lipinski definition) is 0. The molecule has 68 valence electrons. The summed E-state index contributed by atoms with van der Waals surface area (Å²) in [6.45, 7) is 6.51. The smallest absolute Gasteiger partial charge is 0.317 e. The molecule has 1 aliphatic carbocycles. The average Bonchev–Trinajstić information content (AvgIpc) is 2.77.